The maximum Gasteiger partial charge on any atom is 0.263 e. The van der Waals surface area contributed by atoms with E-state index in [1.54, 1.807) is 0 Å². The van der Waals surface area contributed by atoms with Crippen molar-refractivity contribution in [2.45, 2.75) is 54.0 Å². The Labute approximate surface area is 211 Å². The summed E-state index contributed by atoms with van der Waals surface area (Å²) in [5.74, 6) is 1.70. The van der Waals surface area contributed by atoms with Gasteiger partial charge in [-0.25, -0.2) is 0 Å². The molecule has 0 atom stereocenters. The first-order valence-corrected chi connectivity index (χ1v) is 13.1. The van der Waals surface area contributed by atoms with Gasteiger partial charge in [-0.3, -0.25) is 0 Å². The topological polar surface area (TPSA) is 16.4 Å². The summed E-state index contributed by atoms with van der Waals surface area (Å²) in [6, 6.07) is 10.4. The summed E-state index contributed by atoms with van der Waals surface area (Å²) < 4.78 is 9.97. The highest BCUT2D eigenvalue weighted by atomic mass is 35.5. The number of aryl methyl sites for hydroxylation is 3. The van der Waals surface area contributed by atoms with Crippen LogP contribution in [0.3, 0.4) is 0 Å². The Hall–Kier alpha value is -2.56. The van der Waals surface area contributed by atoms with Gasteiger partial charge >= 0.3 is 0 Å². The van der Waals surface area contributed by atoms with Gasteiger partial charge in [0.25, 0.3) is 5.01 Å². The molecular weight excluding hydrogens is 460 g/mol. The van der Waals surface area contributed by atoms with E-state index in [2.05, 4.69) is 74.4 Å². The van der Waals surface area contributed by atoms with Crippen molar-refractivity contribution in [1.82, 2.24) is 0 Å². The second-order valence-electron chi connectivity index (χ2n) is 10.3. The van der Waals surface area contributed by atoms with Gasteiger partial charge < -0.3 is 9.64 Å². The molecule has 0 radical (unpaired) electrons. The minimum Gasteiger partial charge on any atom is -0.439 e. The number of fused-ring (bicyclic) bond motifs is 2. The summed E-state index contributed by atoms with van der Waals surface area (Å²) in [7, 11) is 2.03. The Morgan fingerprint density at radius 2 is 1.88 bits per heavy atom. The van der Waals surface area contributed by atoms with Crippen LogP contribution in [0, 0.1) is 19.3 Å². The summed E-state index contributed by atoms with van der Waals surface area (Å²) in [6.07, 6.45) is 9.01. The van der Waals surface area contributed by atoms with Crippen LogP contribution in [0.2, 0.25) is 5.02 Å². The van der Waals surface area contributed by atoms with Crippen molar-refractivity contribution in [2.75, 3.05) is 11.9 Å². The van der Waals surface area contributed by atoms with Crippen LogP contribution in [0.25, 0.3) is 16.3 Å². The van der Waals surface area contributed by atoms with Crippen molar-refractivity contribution in [3.8, 4) is 5.75 Å². The van der Waals surface area contributed by atoms with Crippen LogP contribution in [0.4, 0.5) is 5.69 Å². The molecule has 0 bridgehead atoms. The van der Waals surface area contributed by atoms with Gasteiger partial charge in [0.15, 0.2) is 5.75 Å². The quantitative estimate of drug-likeness (QED) is 0.345. The molecule has 3 aromatic rings. The third-order valence-corrected chi connectivity index (χ3v) is 8.17. The van der Waals surface area contributed by atoms with E-state index in [-0.39, 0.29) is 5.41 Å². The molecule has 5 rings (SSSR count). The normalized spacial score (nSPS) is 19.6. The van der Waals surface area contributed by atoms with Gasteiger partial charge in [0.05, 0.1) is 5.69 Å². The van der Waals surface area contributed by atoms with Crippen molar-refractivity contribution < 1.29 is 9.30 Å². The Balaban J connectivity index is 1.54. The van der Waals surface area contributed by atoms with Crippen molar-refractivity contribution >= 4 is 44.9 Å². The van der Waals surface area contributed by atoms with Crippen LogP contribution >= 0.6 is 22.9 Å². The standard InChI is InChI=1S/C29H32ClN2OS/c1-7-32-24-10-18(2)19(3)11-26(24)34-28(32)14-21-12-20(16-29(4,5)17-21)13-27-31(6)23-15-22(30)8-9-25(23)33-27/h8-15H,7,16-17H2,1-6H3/q+1. The lowest BCUT2D eigenvalue weighted by atomic mass is 9.75. The van der Waals surface area contributed by atoms with Gasteiger partial charge in [-0.1, -0.05) is 42.9 Å². The van der Waals surface area contributed by atoms with E-state index in [1.165, 1.54) is 37.5 Å². The van der Waals surface area contributed by atoms with E-state index in [0.29, 0.717) is 0 Å². The molecule has 1 aromatic heterocycles. The Kier molecular flexibility index (Phi) is 5.86. The number of rotatable bonds is 3. The van der Waals surface area contributed by atoms with E-state index in [9.17, 15) is 0 Å². The number of aromatic nitrogens is 1. The average Bonchev–Trinajstić information content (AvgIpc) is 3.23. The number of hydrogen-bond donors (Lipinski definition) is 0. The lowest BCUT2D eigenvalue weighted by molar-refractivity contribution is -0.665. The second kappa shape index (κ2) is 8.58. The number of anilines is 1. The van der Waals surface area contributed by atoms with E-state index >= 15 is 0 Å². The molecule has 5 heteroatoms. The van der Waals surface area contributed by atoms with Crippen LogP contribution in [0.5, 0.6) is 5.75 Å². The predicted octanol–water partition coefficient (Wildman–Crippen LogP) is 7.98. The molecule has 2 aromatic carbocycles. The van der Waals surface area contributed by atoms with Crippen LogP contribution in [-0.4, -0.2) is 7.05 Å². The SMILES string of the molecule is CC[n+]1c(/C=C2C=C(/C=C3\Oc4ccc(Cl)cc4N3C)CC(C)(C)C/2)sc2cc(C)c(C)cc21. The highest BCUT2D eigenvalue weighted by Gasteiger charge is 2.29. The lowest BCUT2D eigenvalue weighted by Crippen LogP contribution is -2.33. The minimum atomic E-state index is 0.182. The van der Waals surface area contributed by atoms with Gasteiger partial charge in [0, 0.05) is 30.3 Å². The molecule has 2 aliphatic rings. The van der Waals surface area contributed by atoms with Gasteiger partial charge in [-0.2, -0.15) is 4.57 Å². The van der Waals surface area contributed by atoms with E-state index in [1.807, 2.05) is 36.6 Å². The molecule has 0 saturated heterocycles. The molecule has 3 nitrogen and oxygen atoms in total. The Bertz CT molecular complexity index is 1390. The molecule has 176 valence electrons. The zero-order chi connectivity index (χ0) is 24.2. The highest BCUT2D eigenvalue weighted by Crippen LogP contribution is 2.43. The Morgan fingerprint density at radius 3 is 2.65 bits per heavy atom. The van der Waals surface area contributed by atoms with Gasteiger partial charge in [-0.05, 0) is 85.6 Å². The lowest BCUT2D eigenvalue weighted by Gasteiger charge is -2.30. The number of thiazole rings is 1. The van der Waals surface area contributed by atoms with Crippen molar-refractivity contribution in [2.24, 2.45) is 5.41 Å². The number of halogens is 1. The average molecular weight is 492 g/mol. The van der Waals surface area contributed by atoms with E-state index < -0.39 is 0 Å². The Morgan fingerprint density at radius 1 is 1.12 bits per heavy atom. The second-order valence-corrected chi connectivity index (χ2v) is 11.8. The zero-order valence-electron chi connectivity index (χ0n) is 20.8. The largest absolute Gasteiger partial charge is 0.439 e. The molecule has 0 unspecified atom stereocenters. The molecule has 2 heterocycles. The third-order valence-electron chi connectivity index (χ3n) is 6.84. The smallest absolute Gasteiger partial charge is 0.263 e. The van der Waals surface area contributed by atoms with Crippen LogP contribution in [-0.2, 0) is 6.54 Å². The molecule has 1 aliphatic heterocycles. The fourth-order valence-corrected chi connectivity index (χ4v) is 6.51. The minimum absolute atomic E-state index is 0.182. The monoisotopic (exact) mass is 491 g/mol. The number of allylic oxidation sites excluding steroid dienone is 4. The number of hydrogen-bond acceptors (Lipinski definition) is 3. The fraction of sp³-hybridized carbons (Fsp3) is 0.345. The summed E-state index contributed by atoms with van der Waals surface area (Å²) in [5, 5.41) is 2.03. The summed E-state index contributed by atoms with van der Waals surface area (Å²) in [4.78, 5) is 2.08. The van der Waals surface area contributed by atoms with Gasteiger partial charge in [0.2, 0.25) is 11.4 Å². The summed E-state index contributed by atoms with van der Waals surface area (Å²) >= 11 is 8.10. The third kappa shape index (κ3) is 4.30. The summed E-state index contributed by atoms with van der Waals surface area (Å²) in [5.41, 5.74) is 7.88. The van der Waals surface area contributed by atoms with Crippen molar-refractivity contribution in [3.63, 3.8) is 0 Å². The van der Waals surface area contributed by atoms with Gasteiger partial charge in [0.1, 0.15) is 11.2 Å². The van der Waals surface area contributed by atoms with Crippen LogP contribution in [0.15, 0.2) is 59.5 Å². The first-order valence-electron chi connectivity index (χ1n) is 11.9. The summed E-state index contributed by atoms with van der Waals surface area (Å²) in [6.45, 7) is 12.3. The fourth-order valence-electron chi connectivity index (χ4n) is 5.06. The van der Waals surface area contributed by atoms with E-state index in [0.717, 1.165) is 41.7 Å². The molecular formula is C29H32ClN2OS+. The number of ether oxygens (including phenoxy) is 1. The molecule has 0 spiro atoms. The molecule has 0 N–H and O–H groups in total. The van der Waals surface area contributed by atoms with E-state index in [4.69, 9.17) is 16.3 Å². The van der Waals surface area contributed by atoms with Crippen molar-refractivity contribution in [1.29, 1.82) is 0 Å². The molecule has 34 heavy (non-hydrogen) atoms. The van der Waals surface area contributed by atoms with Crippen LogP contribution in [0.1, 0.15) is 49.7 Å². The first kappa shape index (κ1) is 23.2. The van der Waals surface area contributed by atoms with Gasteiger partial charge in [-0.15, -0.1) is 0 Å². The first-order chi connectivity index (χ1) is 16.1. The molecule has 0 fully saturated rings. The number of nitrogens with zero attached hydrogens (tertiary/aromatic N) is 2. The maximum absolute atomic E-state index is 6.21. The number of benzene rings is 2. The highest BCUT2D eigenvalue weighted by molar-refractivity contribution is 7.18. The zero-order valence-corrected chi connectivity index (χ0v) is 22.4. The molecule has 0 amide bonds. The van der Waals surface area contributed by atoms with Crippen LogP contribution < -0.4 is 14.2 Å². The van der Waals surface area contributed by atoms with Crippen molar-refractivity contribution in [3.05, 3.63) is 80.7 Å². The molecule has 1 aliphatic carbocycles. The molecule has 0 saturated carbocycles. The predicted molar refractivity (Wildman–Crippen MR) is 145 cm³/mol. The maximum atomic E-state index is 6.21.